The van der Waals surface area contributed by atoms with Gasteiger partial charge in [0.25, 0.3) is 5.91 Å². The number of cyclic esters (lactones) is 1. The van der Waals surface area contributed by atoms with E-state index in [1.807, 2.05) is 85.7 Å². The third kappa shape index (κ3) is 11.0. The molecule has 1 aliphatic rings. The Kier molecular flexibility index (Phi) is 13.7. The molecule has 1 heterocycles. The Hall–Kier alpha value is -3.43. The van der Waals surface area contributed by atoms with Crippen molar-refractivity contribution in [3.05, 3.63) is 35.9 Å². The smallest absolute Gasteiger partial charge is 0.329 e. The number of nitrogens with one attached hydrogen (secondary N) is 3. The number of carbonyl (C=O) groups excluding carboxylic acids is 5. The van der Waals surface area contributed by atoms with Crippen molar-refractivity contribution in [1.82, 2.24) is 20.9 Å². The van der Waals surface area contributed by atoms with Gasteiger partial charge in [-0.1, -0.05) is 85.7 Å². The zero-order valence-electron chi connectivity index (χ0n) is 27.3. The molecular weight excluding hydrogens is 548 g/mol. The van der Waals surface area contributed by atoms with Crippen LogP contribution >= 0.6 is 0 Å². The number of esters is 1. The van der Waals surface area contributed by atoms with Crippen LogP contribution < -0.4 is 16.0 Å². The van der Waals surface area contributed by atoms with Gasteiger partial charge in [0.15, 0.2) is 6.10 Å². The second-order valence-corrected chi connectivity index (χ2v) is 13.3. The van der Waals surface area contributed by atoms with Crippen molar-refractivity contribution in [2.45, 2.75) is 111 Å². The molecule has 2 rings (SSSR count). The third-order valence-electron chi connectivity index (χ3n) is 7.50. The van der Waals surface area contributed by atoms with Gasteiger partial charge in [-0.25, -0.2) is 4.79 Å². The van der Waals surface area contributed by atoms with Gasteiger partial charge in [0.2, 0.25) is 17.7 Å². The summed E-state index contributed by atoms with van der Waals surface area (Å²) >= 11 is 0. The van der Waals surface area contributed by atoms with Gasteiger partial charge >= 0.3 is 5.97 Å². The summed E-state index contributed by atoms with van der Waals surface area (Å²) in [6.45, 7) is 15.2. The van der Waals surface area contributed by atoms with Crippen molar-refractivity contribution in [2.24, 2.45) is 23.7 Å². The molecule has 10 nitrogen and oxygen atoms in total. The fourth-order valence-electron chi connectivity index (χ4n) is 5.18. The van der Waals surface area contributed by atoms with Crippen molar-refractivity contribution in [2.75, 3.05) is 7.05 Å². The van der Waals surface area contributed by atoms with Gasteiger partial charge in [-0.15, -0.1) is 0 Å². The second kappa shape index (κ2) is 16.4. The molecule has 240 valence electrons. The molecule has 1 aliphatic heterocycles. The van der Waals surface area contributed by atoms with E-state index >= 15 is 0 Å². The Morgan fingerprint density at radius 2 is 1.26 bits per heavy atom. The van der Waals surface area contributed by atoms with Gasteiger partial charge in [-0.3, -0.25) is 19.2 Å². The highest BCUT2D eigenvalue weighted by Gasteiger charge is 2.39. The average molecular weight is 601 g/mol. The van der Waals surface area contributed by atoms with E-state index in [2.05, 4.69) is 16.0 Å². The third-order valence-corrected chi connectivity index (χ3v) is 7.50. The lowest BCUT2D eigenvalue weighted by molar-refractivity contribution is -0.164. The van der Waals surface area contributed by atoms with Crippen LogP contribution in [-0.4, -0.2) is 71.8 Å². The first-order chi connectivity index (χ1) is 20.1. The summed E-state index contributed by atoms with van der Waals surface area (Å²) in [7, 11) is 1.53. The molecule has 1 aromatic carbocycles. The molecule has 4 amide bonds. The lowest BCUT2D eigenvalue weighted by atomic mass is 9.97. The fraction of sp³-hybridized carbons (Fsp3) is 0.667. The largest absolute Gasteiger partial charge is 0.451 e. The van der Waals surface area contributed by atoms with Crippen LogP contribution in [0.25, 0.3) is 0 Å². The first-order valence-electron chi connectivity index (χ1n) is 15.5. The summed E-state index contributed by atoms with van der Waals surface area (Å²) in [6, 6.07) is 5.31. The molecule has 1 aromatic rings. The highest BCUT2D eigenvalue weighted by Crippen LogP contribution is 2.19. The number of likely N-dealkylation sites (N-methyl/N-ethyl adjacent to an activating group) is 1. The zero-order valence-corrected chi connectivity index (χ0v) is 27.3. The van der Waals surface area contributed by atoms with Gasteiger partial charge in [0.1, 0.15) is 24.2 Å². The SMILES string of the molecule is CC(C)CC1NC(=O)C(C(C)C)NC(=O)C(CC(C)C)N(C)C(=O)C(CC(C)C)OC(=O)C(Cc2ccccc2)NC1=O. The Morgan fingerprint density at radius 1 is 0.698 bits per heavy atom. The number of ether oxygens (including phenoxy) is 1. The van der Waals surface area contributed by atoms with Crippen LogP contribution in [0.3, 0.4) is 0 Å². The molecule has 5 unspecified atom stereocenters. The predicted octanol–water partition coefficient (Wildman–Crippen LogP) is 3.23. The van der Waals surface area contributed by atoms with E-state index < -0.39 is 59.9 Å². The molecule has 0 bridgehead atoms. The summed E-state index contributed by atoms with van der Waals surface area (Å²) in [5, 5.41) is 8.49. The summed E-state index contributed by atoms with van der Waals surface area (Å²) in [5.74, 6) is -2.98. The molecule has 3 N–H and O–H groups in total. The van der Waals surface area contributed by atoms with Crippen LogP contribution in [0.4, 0.5) is 0 Å². The van der Waals surface area contributed by atoms with E-state index in [0.29, 0.717) is 12.8 Å². The highest BCUT2D eigenvalue weighted by atomic mass is 16.5. The van der Waals surface area contributed by atoms with Crippen LogP contribution in [0, 0.1) is 23.7 Å². The van der Waals surface area contributed by atoms with E-state index in [-0.39, 0.29) is 36.5 Å². The first-order valence-corrected chi connectivity index (χ1v) is 15.5. The summed E-state index contributed by atoms with van der Waals surface area (Å²) in [5.41, 5.74) is 0.794. The molecule has 1 fully saturated rings. The minimum absolute atomic E-state index is 0.000613. The number of rotatable bonds is 9. The van der Waals surface area contributed by atoms with E-state index in [1.54, 1.807) is 0 Å². The Bertz CT molecular complexity index is 1100. The molecule has 43 heavy (non-hydrogen) atoms. The van der Waals surface area contributed by atoms with Crippen LogP contribution in [0.5, 0.6) is 0 Å². The molecule has 0 saturated carbocycles. The lowest BCUT2D eigenvalue weighted by Crippen LogP contribution is -2.59. The molecule has 1 saturated heterocycles. The topological polar surface area (TPSA) is 134 Å². The van der Waals surface area contributed by atoms with Gasteiger partial charge in [0, 0.05) is 13.5 Å². The van der Waals surface area contributed by atoms with Crippen molar-refractivity contribution < 1.29 is 28.7 Å². The average Bonchev–Trinajstić information content (AvgIpc) is 2.91. The highest BCUT2D eigenvalue weighted by molar-refractivity contribution is 5.96. The number of nitrogens with zero attached hydrogens (tertiary/aromatic N) is 1. The molecule has 0 spiro atoms. The van der Waals surface area contributed by atoms with Crippen molar-refractivity contribution in [3.8, 4) is 0 Å². The molecule has 5 atom stereocenters. The maximum Gasteiger partial charge on any atom is 0.329 e. The molecule has 0 aromatic heterocycles. The van der Waals surface area contributed by atoms with Crippen molar-refractivity contribution in [1.29, 1.82) is 0 Å². The molecule has 0 aliphatic carbocycles. The standard InChI is InChI=1S/C33H52N4O6/c1-19(2)15-24-29(38)35-25(18-23-13-11-10-12-14-23)33(42)43-27(17-21(5)6)32(41)37(9)26(16-20(3)4)30(39)36-28(22(7)8)31(40)34-24/h10-14,19-22,24-28H,15-18H2,1-9H3,(H,34,40)(H,35,38)(H,36,39). The van der Waals surface area contributed by atoms with Gasteiger partial charge in [-0.05, 0) is 48.5 Å². The number of amides is 4. The number of hydrogen-bond acceptors (Lipinski definition) is 6. The molecule has 0 radical (unpaired) electrons. The summed E-state index contributed by atoms with van der Waals surface area (Å²) in [6.07, 6.45) is -0.128. The summed E-state index contributed by atoms with van der Waals surface area (Å²) < 4.78 is 5.87. The Labute approximate surface area is 257 Å². The fourth-order valence-corrected chi connectivity index (χ4v) is 5.18. The van der Waals surface area contributed by atoms with E-state index in [1.165, 1.54) is 11.9 Å². The van der Waals surface area contributed by atoms with Gasteiger partial charge in [0.05, 0.1) is 0 Å². The first kappa shape index (κ1) is 35.8. The normalized spacial score (nSPS) is 24.9. The minimum atomic E-state index is -1.16. The van der Waals surface area contributed by atoms with Crippen molar-refractivity contribution >= 4 is 29.6 Å². The molecular formula is C33H52N4O6. The van der Waals surface area contributed by atoms with Gasteiger partial charge < -0.3 is 25.6 Å². The summed E-state index contributed by atoms with van der Waals surface area (Å²) in [4.78, 5) is 69.9. The lowest BCUT2D eigenvalue weighted by Gasteiger charge is -2.33. The predicted molar refractivity (Wildman–Crippen MR) is 166 cm³/mol. The van der Waals surface area contributed by atoms with E-state index in [9.17, 15) is 24.0 Å². The van der Waals surface area contributed by atoms with Crippen LogP contribution in [0.1, 0.15) is 80.2 Å². The van der Waals surface area contributed by atoms with E-state index in [4.69, 9.17) is 4.74 Å². The second-order valence-electron chi connectivity index (χ2n) is 13.3. The maximum atomic E-state index is 13.9. The quantitative estimate of drug-likeness (QED) is 0.373. The Balaban J connectivity index is 2.65. The monoisotopic (exact) mass is 600 g/mol. The number of hydrogen-bond donors (Lipinski definition) is 3. The van der Waals surface area contributed by atoms with Crippen LogP contribution in [-0.2, 0) is 35.1 Å². The Morgan fingerprint density at radius 3 is 1.79 bits per heavy atom. The molecule has 10 heteroatoms. The van der Waals surface area contributed by atoms with Crippen LogP contribution in [0.2, 0.25) is 0 Å². The minimum Gasteiger partial charge on any atom is -0.451 e. The van der Waals surface area contributed by atoms with Gasteiger partial charge in [-0.2, -0.15) is 0 Å². The number of benzene rings is 1. The van der Waals surface area contributed by atoms with Crippen molar-refractivity contribution in [3.63, 3.8) is 0 Å². The zero-order chi connectivity index (χ0) is 32.4. The maximum absolute atomic E-state index is 13.9. The van der Waals surface area contributed by atoms with Crippen LogP contribution in [0.15, 0.2) is 30.3 Å². The number of carbonyl (C=O) groups is 5. The van der Waals surface area contributed by atoms with E-state index in [0.717, 1.165) is 5.56 Å².